The van der Waals surface area contributed by atoms with Crippen LogP contribution in [0.1, 0.15) is 60.0 Å². The van der Waals surface area contributed by atoms with Gasteiger partial charge in [0.1, 0.15) is 5.69 Å². The number of hydrogen-bond acceptors (Lipinski definition) is 2. The molecule has 1 aromatic heterocycles. The highest BCUT2D eigenvalue weighted by Gasteiger charge is 2.26. The van der Waals surface area contributed by atoms with Crippen LogP contribution in [-0.2, 0) is 0 Å². The molecule has 1 unspecified atom stereocenters. The standard InChI is InChI=1S/C13H17NO3/c1-8(5-10-3-4-10)14-7-11(9(2)15)6-12(14)13(16)17/h6-8,10H,3-5H2,1-2H3,(H,16,17). The highest BCUT2D eigenvalue weighted by Crippen LogP contribution is 2.37. The number of carboxylic acids is 1. The average Bonchev–Trinajstić information content (AvgIpc) is 2.93. The predicted octanol–water partition coefficient (Wildman–Crippen LogP) is 2.75. The summed E-state index contributed by atoms with van der Waals surface area (Å²) in [4.78, 5) is 22.4. The van der Waals surface area contributed by atoms with Gasteiger partial charge < -0.3 is 9.67 Å². The zero-order chi connectivity index (χ0) is 12.6. The largest absolute Gasteiger partial charge is 0.477 e. The van der Waals surface area contributed by atoms with Gasteiger partial charge in [-0.05, 0) is 32.3 Å². The molecule has 92 valence electrons. The molecule has 1 saturated carbocycles. The summed E-state index contributed by atoms with van der Waals surface area (Å²) in [6, 6.07) is 1.61. The molecular formula is C13H17NO3. The van der Waals surface area contributed by atoms with E-state index in [1.54, 1.807) is 10.8 Å². The van der Waals surface area contributed by atoms with Gasteiger partial charge in [0.15, 0.2) is 5.78 Å². The smallest absolute Gasteiger partial charge is 0.352 e. The van der Waals surface area contributed by atoms with Crippen LogP contribution in [0.15, 0.2) is 12.3 Å². The summed E-state index contributed by atoms with van der Waals surface area (Å²) >= 11 is 0. The van der Waals surface area contributed by atoms with Crippen molar-refractivity contribution in [2.75, 3.05) is 0 Å². The molecule has 2 rings (SSSR count). The van der Waals surface area contributed by atoms with Crippen molar-refractivity contribution in [2.45, 2.75) is 39.2 Å². The first kappa shape index (κ1) is 11.9. The first-order valence-corrected chi connectivity index (χ1v) is 5.95. The molecular weight excluding hydrogens is 218 g/mol. The Kier molecular flexibility index (Phi) is 3.05. The third kappa shape index (κ3) is 2.57. The van der Waals surface area contributed by atoms with E-state index in [1.165, 1.54) is 25.8 Å². The number of ketones is 1. The highest BCUT2D eigenvalue weighted by atomic mass is 16.4. The van der Waals surface area contributed by atoms with Crippen molar-refractivity contribution in [3.8, 4) is 0 Å². The van der Waals surface area contributed by atoms with Crippen LogP contribution in [0.5, 0.6) is 0 Å². The topological polar surface area (TPSA) is 59.3 Å². The van der Waals surface area contributed by atoms with Crippen molar-refractivity contribution >= 4 is 11.8 Å². The fourth-order valence-electron chi connectivity index (χ4n) is 2.16. The van der Waals surface area contributed by atoms with Gasteiger partial charge in [-0.3, -0.25) is 4.79 Å². The lowest BCUT2D eigenvalue weighted by molar-refractivity contribution is 0.0682. The second-order valence-corrected chi connectivity index (χ2v) is 4.91. The molecule has 1 N–H and O–H groups in total. The van der Waals surface area contributed by atoms with Gasteiger partial charge in [-0.15, -0.1) is 0 Å². The van der Waals surface area contributed by atoms with E-state index < -0.39 is 5.97 Å². The minimum atomic E-state index is -0.972. The minimum Gasteiger partial charge on any atom is -0.477 e. The molecule has 0 bridgehead atoms. The summed E-state index contributed by atoms with van der Waals surface area (Å²) in [7, 11) is 0. The van der Waals surface area contributed by atoms with Gasteiger partial charge in [-0.1, -0.05) is 12.8 Å². The zero-order valence-electron chi connectivity index (χ0n) is 10.1. The summed E-state index contributed by atoms with van der Waals surface area (Å²) in [5.74, 6) is -0.333. The van der Waals surface area contributed by atoms with E-state index in [9.17, 15) is 9.59 Å². The SMILES string of the molecule is CC(=O)c1cc(C(=O)O)n(C(C)CC2CC2)c1. The van der Waals surface area contributed by atoms with E-state index in [-0.39, 0.29) is 17.5 Å². The Balaban J connectivity index is 2.28. The number of nitrogens with zero attached hydrogens (tertiary/aromatic N) is 1. The molecule has 0 spiro atoms. The van der Waals surface area contributed by atoms with Crippen LogP contribution in [0, 0.1) is 5.92 Å². The second kappa shape index (κ2) is 4.35. The van der Waals surface area contributed by atoms with Gasteiger partial charge in [0.25, 0.3) is 0 Å². The summed E-state index contributed by atoms with van der Waals surface area (Å²) in [6.07, 6.45) is 5.15. The number of hydrogen-bond donors (Lipinski definition) is 1. The average molecular weight is 235 g/mol. The van der Waals surface area contributed by atoms with Crippen molar-refractivity contribution < 1.29 is 14.7 Å². The van der Waals surface area contributed by atoms with Crippen molar-refractivity contribution in [2.24, 2.45) is 5.92 Å². The molecule has 1 heterocycles. The van der Waals surface area contributed by atoms with Crippen LogP contribution in [0.2, 0.25) is 0 Å². The van der Waals surface area contributed by atoms with Crippen LogP contribution in [-0.4, -0.2) is 21.4 Å². The van der Waals surface area contributed by atoms with E-state index in [0.717, 1.165) is 12.3 Å². The molecule has 0 radical (unpaired) electrons. The van der Waals surface area contributed by atoms with Crippen LogP contribution >= 0.6 is 0 Å². The lowest BCUT2D eigenvalue weighted by atomic mass is 10.1. The summed E-state index contributed by atoms with van der Waals surface area (Å²) in [5, 5.41) is 9.13. The Hall–Kier alpha value is -1.58. The molecule has 0 aromatic carbocycles. The molecule has 1 aromatic rings. The van der Waals surface area contributed by atoms with Crippen molar-refractivity contribution in [1.82, 2.24) is 4.57 Å². The van der Waals surface area contributed by atoms with Crippen molar-refractivity contribution in [3.05, 3.63) is 23.5 Å². The van der Waals surface area contributed by atoms with E-state index in [0.29, 0.717) is 5.56 Å². The third-order valence-corrected chi connectivity index (χ3v) is 3.32. The minimum absolute atomic E-state index is 0.0927. The normalized spacial score (nSPS) is 16.8. The monoisotopic (exact) mass is 235 g/mol. The summed E-state index contributed by atoms with van der Waals surface area (Å²) < 4.78 is 1.72. The fraction of sp³-hybridized carbons (Fsp3) is 0.538. The molecule has 0 amide bonds. The third-order valence-electron chi connectivity index (χ3n) is 3.32. The van der Waals surface area contributed by atoms with Gasteiger partial charge in [-0.25, -0.2) is 4.79 Å². The Morgan fingerprint density at radius 2 is 2.18 bits per heavy atom. The first-order valence-electron chi connectivity index (χ1n) is 5.95. The zero-order valence-corrected chi connectivity index (χ0v) is 10.1. The molecule has 1 aliphatic rings. The van der Waals surface area contributed by atoms with Crippen LogP contribution in [0.25, 0.3) is 0 Å². The van der Waals surface area contributed by atoms with E-state index in [4.69, 9.17) is 5.11 Å². The number of carbonyl (C=O) groups excluding carboxylic acids is 1. The number of aromatic nitrogens is 1. The first-order chi connectivity index (χ1) is 7.99. The van der Waals surface area contributed by atoms with Crippen molar-refractivity contribution in [3.63, 3.8) is 0 Å². The van der Waals surface area contributed by atoms with Crippen LogP contribution in [0.4, 0.5) is 0 Å². The fourth-order valence-corrected chi connectivity index (χ4v) is 2.16. The Labute approximate surface area is 100 Å². The second-order valence-electron chi connectivity index (χ2n) is 4.91. The van der Waals surface area contributed by atoms with Crippen molar-refractivity contribution in [1.29, 1.82) is 0 Å². The number of carboxylic acid groups (broad SMARTS) is 1. The molecule has 17 heavy (non-hydrogen) atoms. The Morgan fingerprint density at radius 3 is 2.65 bits per heavy atom. The Bertz CT molecular complexity index is 457. The highest BCUT2D eigenvalue weighted by molar-refractivity contribution is 5.97. The molecule has 1 aliphatic carbocycles. The Morgan fingerprint density at radius 1 is 1.53 bits per heavy atom. The molecule has 0 aliphatic heterocycles. The molecule has 4 nitrogen and oxygen atoms in total. The maximum Gasteiger partial charge on any atom is 0.352 e. The quantitative estimate of drug-likeness (QED) is 0.798. The molecule has 1 fully saturated rings. The predicted molar refractivity (Wildman–Crippen MR) is 63.4 cm³/mol. The number of Topliss-reactive ketones (excluding diaryl/α,β-unsaturated/α-hetero) is 1. The number of carbonyl (C=O) groups is 2. The van der Waals surface area contributed by atoms with Gasteiger partial charge in [-0.2, -0.15) is 0 Å². The maximum absolute atomic E-state index is 11.3. The number of aromatic carboxylic acids is 1. The van der Waals surface area contributed by atoms with Gasteiger partial charge in [0, 0.05) is 17.8 Å². The van der Waals surface area contributed by atoms with E-state index in [1.807, 2.05) is 6.92 Å². The van der Waals surface area contributed by atoms with E-state index in [2.05, 4.69) is 0 Å². The molecule has 0 saturated heterocycles. The van der Waals surface area contributed by atoms with E-state index >= 15 is 0 Å². The van der Waals surface area contributed by atoms with Gasteiger partial charge in [0.05, 0.1) is 0 Å². The number of rotatable bonds is 5. The van der Waals surface area contributed by atoms with Gasteiger partial charge >= 0.3 is 5.97 Å². The molecule has 4 heteroatoms. The van der Waals surface area contributed by atoms with Crippen LogP contribution in [0.3, 0.4) is 0 Å². The van der Waals surface area contributed by atoms with Gasteiger partial charge in [0.2, 0.25) is 0 Å². The lowest BCUT2D eigenvalue weighted by Gasteiger charge is -2.15. The van der Waals surface area contributed by atoms with Crippen LogP contribution < -0.4 is 0 Å². The maximum atomic E-state index is 11.3. The lowest BCUT2D eigenvalue weighted by Crippen LogP contribution is -2.12. The summed E-state index contributed by atoms with van der Waals surface area (Å²) in [6.45, 7) is 3.46. The molecule has 1 atom stereocenters. The summed E-state index contributed by atoms with van der Waals surface area (Å²) in [5.41, 5.74) is 0.688.